The lowest BCUT2D eigenvalue weighted by Gasteiger charge is -2.14. The first-order chi connectivity index (χ1) is 6.66. The number of carboxylic acid groups (broad SMARTS) is 1. The van der Waals surface area contributed by atoms with Gasteiger partial charge in [-0.05, 0) is 6.07 Å². The topological polar surface area (TPSA) is 101 Å². The van der Waals surface area contributed by atoms with E-state index in [2.05, 4.69) is 15.3 Å². The minimum atomic E-state index is -1.05. The highest BCUT2D eigenvalue weighted by Gasteiger charge is 2.13. The van der Waals surface area contributed by atoms with E-state index >= 15 is 0 Å². The van der Waals surface area contributed by atoms with E-state index in [1.165, 1.54) is 12.3 Å². The SMILES string of the molecule is NC1=NCc2cc(C(=O)O)ncc2N1. The third-order valence-corrected chi connectivity index (χ3v) is 1.89. The van der Waals surface area contributed by atoms with Gasteiger partial charge in [0.1, 0.15) is 5.69 Å². The standard InChI is InChI=1S/C8H8N4O2/c9-8-11-2-4-1-5(7(13)14)10-3-6(4)12-8/h1,3H,2H2,(H,13,14)(H3,9,11,12). The number of carbonyl (C=O) groups is 1. The number of aromatic carboxylic acids is 1. The summed E-state index contributed by atoms with van der Waals surface area (Å²) in [4.78, 5) is 18.3. The Morgan fingerprint density at radius 2 is 2.43 bits per heavy atom. The summed E-state index contributed by atoms with van der Waals surface area (Å²) in [7, 11) is 0. The van der Waals surface area contributed by atoms with Gasteiger partial charge >= 0.3 is 5.97 Å². The number of aromatic nitrogens is 1. The predicted octanol–water partition coefficient (Wildman–Crippen LogP) is 0.0200. The van der Waals surface area contributed by atoms with Gasteiger partial charge in [0.2, 0.25) is 0 Å². The first-order valence-corrected chi connectivity index (χ1v) is 3.96. The van der Waals surface area contributed by atoms with E-state index in [0.717, 1.165) is 5.56 Å². The van der Waals surface area contributed by atoms with Crippen LogP contribution in [0.3, 0.4) is 0 Å². The van der Waals surface area contributed by atoms with Gasteiger partial charge in [0.25, 0.3) is 0 Å². The number of fused-ring (bicyclic) bond motifs is 1. The van der Waals surface area contributed by atoms with Crippen LogP contribution in [0.1, 0.15) is 16.1 Å². The molecule has 4 N–H and O–H groups in total. The highest BCUT2D eigenvalue weighted by atomic mass is 16.4. The Morgan fingerprint density at radius 1 is 1.64 bits per heavy atom. The molecular formula is C8H8N4O2. The van der Waals surface area contributed by atoms with Gasteiger partial charge in [-0.3, -0.25) is 0 Å². The second kappa shape index (κ2) is 2.99. The minimum absolute atomic E-state index is 0.0150. The van der Waals surface area contributed by atoms with Gasteiger partial charge in [-0.25, -0.2) is 14.8 Å². The molecule has 0 aliphatic carbocycles. The molecule has 0 saturated heterocycles. The zero-order chi connectivity index (χ0) is 10.1. The summed E-state index contributed by atoms with van der Waals surface area (Å²) < 4.78 is 0. The zero-order valence-electron chi connectivity index (χ0n) is 7.19. The van der Waals surface area contributed by atoms with Crippen molar-refractivity contribution in [3.8, 4) is 0 Å². The summed E-state index contributed by atoms with van der Waals surface area (Å²) in [6.07, 6.45) is 1.44. The van der Waals surface area contributed by atoms with Crippen LogP contribution in [0.15, 0.2) is 17.3 Å². The summed E-state index contributed by atoms with van der Waals surface area (Å²) in [5.74, 6) is -0.724. The minimum Gasteiger partial charge on any atom is -0.477 e. The largest absolute Gasteiger partial charge is 0.477 e. The Hall–Kier alpha value is -2.11. The number of anilines is 1. The number of hydrogen-bond donors (Lipinski definition) is 3. The van der Waals surface area contributed by atoms with E-state index in [1.54, 1.807) is 0 Å². The molecule has 2 heterocycles. The van der Waals surface area contributed by atoms with Crippen molar-refractivity contribution in [2.75, 3.05) is 5.32 Å². The number of nitrogens with one attached hydrogen (secondary N) is 1. The van der Waals surface area contributed by atoms with E-state index in [-0.39, 0.29) is 5.69 Å². The van der Waals surface area contributed by atoms with Crippen molar-refractivity contribution in [1.82, 2.24) is 4.98 Å². The highest BCUT2D eigenvalue weighted by molar-refractivity contribution is 5.95. The Balaban J connectivity index is 2.40. The summed E-state index contributed by atoms with van der Waals surface area (Å²) in [6.45, 7) is 0.386. The molecule has 1 aromatic rings. The zero-order valence-corrected chi connectivity index (χ0v) is 7.19. The molecule has 0 amide bonds. The fourth-order valence-electron chi connectivity index (χ4n) is 1.21. The monoisotopic (exact) mass is 192 g/mol. The molecule has 1 aliphatic heterocycles. The lowest BCUT2D eigenvalue weighted by atomic mass is 10.1. The van der Waals surface area contributed by atoms with Crippen LogP contribution in [0, 0.1) is 0 Å². The lowest BCUT2D eigenvalue weighted by Crippen LogP contribution is -2.26. The molecule has 0 spiro atoms. The van der Waals surface area contributed by atoms with E-state index in [9.17, 15) is 4.79 Å². The van der Waals surface area contributed by atoms with Crippen molar-refractivity contribution >= 4 is 17.6 Å². The Morgan fingerprint density at radius 3 is 3.14 bits per heavy atom. The van der Waals surface area contributed by atoms with Gasteiger partial charge in [0.15, 0.2) is 5.96 Å². The number of hydrogen-bond acceptors (Lipinski definition) is 5. The van der Waals surface area contributed by atoms with Gasteiger partial charge in [-0.1, -0.05) is 0 Å². The van der Waals surface area contributed by atoms with Crippen molar-refractivity contribution in [2.24, 2.45) is 10.7 Å². The number of carboxylic acids is 1. The molecule has 0 unspecified atom stereocenters. The van der Waals surface area contributed by atoms with E-state index in [1.807, 2.05) is 0 Å². The van der Waals surface area contributed by atoms with Crippen molar-refractivity contribution in [3.63, 3.8) is 0 Å². The van der Waals surface area contributed by atoms with E-state index in [0.29, 0.717) is 18.2 Å². The molecule has 2 rings (SSSR count). The summed E-state index contributed by atoms with van der Waals surface area (Å²) in [5.41, 5.74) is 6.95. The molecule has 0 bridgehead atoms. The average Bonchev–Trinajstić information content (AvgIpc) is 2.16. The van der Waals surface area contributed by atoms with Crippen molar-refractivity contribution in [1.29, 1.82) is 0 Å². The van der Waals surface area contributed by atoms with Crippen LogP contribution in [-0.2, 0) is 6.54 Å². The number of pyridine rings is 1. The molecule has 6 heteroatoms. The Labute approximate surface area is 79.5 Å². The van der Waals surface area contributed by atoms with Crippen LogP contribution in [0.25, 0.3) is 0 Å². The molecular weight excluding hydrogens is 184 g/mol. The number of aliphatic imine (C=N–C) groups is 1. The van der Waals surface area contributed by atoms with Crippen LogP contribution >= 0.6 is 0 Å². The molecule has 0 radical (unpaired) electrons. The van der Waals surface area contributed by atoms with Crippen LogP contribution in [0.5, 0.6) is 0 Å². The molecule has 14 heavy (non-hydrogen) atoms. The number of rotatable bonds is 1. The first-order valence-electron chi connectivity index (χ1n) is 3.96. The van der Waals surface area contributed by atoms with Crippen molar-refractivity contribution in [2.45, 2.75) is 6.54 Å². The summed E-state index contributed by atoms with van der Waals surface area (Å²) >= 11 is 0. The summed E-state index contributed by atoms with van der Waals surface area (Å²) in [5, 5.41) is 11.5. The Kier molecular flexibility index (Phi) is 1.81. The first kappa shape index (κ1) is 8.49. The molecule has 0 aromatic carbocycles. The second-order valence-corrected chi connectivity index (χ2v) is 2.86. The molecule has 1 aromatic heterocycles. The van der Waals surface area contributed by atoms with Gasteiger partial charge < -0.3 is 16.2 Å². The molecule has 72 valence electrons. The normalized spacial score (nSPS) is 13.9. The third-order valence-electron chi connectivity index (χ3n) is 1.89. The van der Waals surface area contributed by atoms with Gasteiger partial charge in [0, 0.05) is 5.56 Å². The van der Waals surface area contributed by atoms with Crippen molar-refractivity contribution in [3.05, 3.63) is 23.5 Å². The van der Waals surface area contributed by atoms with Crippen LogP contribution < -0.4 is 11.1 Å². The van der Waals surface area contributed by atoms with E-state index < -0.39 is 5.97 Å². The van der Waals surface area contributed by atoms with Gasteiger partial charge in [-0.2, -0.15) is 0 Å². The quantitative estimate of drug-likeness (QED) is 0.582. The number of nitrogens with two attached hydrogens (primary N) is 1. The number of guanidine groups is 1. The molecule has 1 aliphatic rings. The maximum Gasteiger partial charge on any atom is 0.354 e. The fraction of sp³-hybridized carbons (Fsp3) is 0.125. The molecule has 0 fully saturated rings. The van der Waals surface area contributed by atoms with Gasteiger partial charge in [-0.15, -0.1) is 0 Å². The van der Waals surface area contributed by atoms with Crippen LogP contribution in [0.2, 0.25) is 0 Å². The lowest BCUT2D eigenvalue weighted by molar-refractivity contribution is 0.0690. The second-order valence-electron chi connectivity index (χ2n) is 2.86. The highest BCUT2D eigenvalue weighted by Crippen LogP contribution is 2.19. The maximum absolute atomic E-state index is 10.6. The van der Waals surface area contributed by atoms with E-state index in [4.69, 9.17) is 10.8 Å². The fourth-order valence-corrected chi connectivity index (χ4v) is 1.21. The van der Waals surface area contributed by atoms with Crippen LogP contribution in [0.4, 0.5) is 5.69 Å². The smallest absolute Gasteiger partial charge is 0.354 e. The summed E-state index contributed by atoms with van der Waals surface area (Å²) in [6, 6.07) is 1.49. The molecule has 0 atom stereocenters. The van der Waals surface area contributed by atoms with Crippen LogP contribution in [-0.4, -0.2) is 22.0 Å². The maximum atomic E-state index is 10.6. The Bertz CT molecular complexity index is 427. The molecule has 0 saturated carbocycles. The molecule has 6 nitrogen and oxygen atoms in total. The third kappa shape index (κ3) is 1.37. The predicted molar refractivity (Wildman–Crippen MR) is 50.1 cm³/mol. The average molecular weight is 192 g/mol. The van der Waals surface area contributed by atoms with Gasteiger partial charge in [0.05, 0.1) is 18.4 Å². The number of nitrogens with zero attached hydrogens (tertiary/aromatic N) is 2. The van der Waals surface area contributed by atoms with Crippen molar-refractivity contribution < 1.29 is 9.90 Å².